The number of rotatable bonds is 6. The Bertz CT molecular complexity index is 619. The summed E-state index contributed by atoms with van der Waals surface area (Å²) in [6.07, 6.45) is 1.21. The third-order valence-corrected chi connectivity index (χ3v) is 3.13. The molecule has 0 bridgehead atoms. The number of pyridine rings is 1. The minimum Gasteiger partial charge on any atom is -0.395 e. The second-order valence-electron chi connectivity index (χ2n) is 4.41. The van der Waals surface area contributed by atoms with E-state index in [2.05, 4.69) is 4.98 Å². The van der Waals surface area contributed by atoms with E-state index < -0.39 is 4.92 Å². The second-order valence-corrected chi connectivity index (χ2v) is 4.84. The third-order valence-electron chi connectivity index (χ3n) is 2.90. The Kier molecular flexibility index (Phi) is 5.08. The van der Waals surface area contributed by atoms with E-state index >= 15 is 0 Å². The van der Waals surface area contributed by atoms with E-state index in [1.165, 1.54) is 12.3 Å². The lowest BCUT2D eigenvalue weighted by Gasteiger charge is -2.22. The van der Waals surface area contributed by atoms with Crippen LogP contribution in [0.2, 0.25) is 5.02 Å². The fourth-order valence-corrected chi connectivity index (χ4v) is 2.14. The number of aromatic nitrogens is 1. The van der Waals surface area contributed by atoms with Crippen LogP contribution in [0.1, 0.15) is 5.56 Å². The molecule has 110 valence electrons. The highest BCUT2D eigenvalue weighted by Gasteiger charge is 2.11. The SMILES string of the molecule is O=[N+]([O-])c1ccc(N(CCO)Cc2cccc(Cl)c2)nc1. The molecule has 7 heteroatoms. The molecule has 0 atom stereocenters. The molecule has 0 amide bonds. The number of nitrogens with zero attached hydrogens (tertiary/aromatic N) is 3. The predicted octanol–water partition coefficient (Wildman–Crippen LogP) is 2.64. The van der Waals surface area contributed by atoms with Crippen molar-refractivity contribution < 1.29 is 10.0 Å². The topological polar surface area (TPSA) is 79.5 Å². The molecule has 1 N–H and O–H groups in total. The van der Waals surface area contributed by atoms with Gasteiger partial charge in [-0.3, -0.25) is 10.1 Å². The zero-order valence-corrected chi connectivity index (χ0v) is 11.9. The minimum atomic E-state index is -0.496. The predicted molar refractivity (Wildman–Crippen MR) is 80.5 cm³/mol. The molecule has 6 nitrogen and oxygen atoms in total. The van der Waals surface area contributed by atoms with Gasteiger partial charge in [-0.1, -0.05) is 23.7 Å². The van der Waals surface area contributed by atoms with E-state index in [4.69, 9.17) is 16.7 Å². The summed E-state index contributed by atoms with van der Waals surface area (Å²) in [5, 5.41) is 20.4. The smallest absolute Gasteiger partial charge is 0.287 e. The van der Waals surface area contributed by atoms with Gasteiger partial charge in [0.2, 0.25) is 0 Å². The van der Waals surface area contributed by atoms with Crippen LogP contribution in [0.4, 0.5) is 11.5 Å². The van der Waals surface area contributed by atoms with Crippen molar-refractivity contribution in [1.29, 1.82) is 0 Å². The Morgan fingerprint density at radius 2 is 2.14 bits per heavy atom. The van der Waals surface area contributed by atoms with Crippen molar-refractivity contribution in [2.45, 2.75) is 6.54 Å². The number of hydrogen-bond acceptors (Lipinski definition) is 5. The molecule has 1 aromatic heterocycles. The molecule has 1 aromatic carbocycles. The fraction of sp³-hybridized carbons (Fsp3) is 0.214. The number of anilines is 1. The highest BCUT2D eigenvalue weighted by atomic mass is 35.5. The lowest BCUT2D eigenvalue weighted by Crippen LogP contribution is -2.26. The molecule has 0 fully saturated rings. The maximum atomic E-state index is 10.6. The Morgan fingerprint density at radius 1 is 1.33 bits per heavy atom. The van der Waals surface area contributed by atoms with Gasteiger partial charge in [0.15, 0.2) is 0 Å². The van der Waals surface area contributed by atoms with Gasteiger partial charge in [-0.2, -0.15) is 0 Å². The van der Waals surface area contributed by atoms with Crippen molar-refractivity contribution in [3.05, 3.63) is 63.3 Å². The summed E-state index contributed by atoms with van der Waals surface area (Å²) in [5.41, 5.74) is 0.904. The van der Waals surface area contributed by atoms with Gasteiger partial charge >= 0.3 is 0 Å². The van der Waals surface area contributed by atoms with Gasteiger partial charge in [0.05, 0.1) is 11.5 Å². The molecule has 0 saturated heterocycles. The van der Waals surface area contributed by atoms with E-state index in [1.54, 1.807) is 12.1 Å². The van der Waals surface area contributed by atoms with E-state index in [-0.39, 0.29) is 12.3 Å². The van der Waals surface area contributed by atoms with E-state index in [0.29, 0.717) is 23.9 Å². The van der Waals surface area contributed by atoms with Gasteiger partial charge < -0.3 is 10.0 Å². The minimum absolute atomic E-state index is 0.0424. The lowest BCUT2D eigenvalue weighted by atomic mass is 10.2. The second kappa shape index (κ2) is 7.01. The van der Waals surface area contributed by atoms with Crippen molar-refractivity contribution in [3.8, 4) is 0 Å². The van der Waals surface area contributed by atoms with E-state index in [9.17, 15) is 10.1 Å². The van der Waals surface area contributed by atoms with Crippen molar-refractivity contribution >= 4 is 23.1 Å². The standard InChI is InChI=1S/C14H14ClN3O3/c15-12-3-1-2-11(8-12)10-17(6-7-19)14-5-4-13(9-16-14)18(20)21/h1-5,8-9,19H,6-7,10H2. The zero-order chi connectivity index (χ0) is 15.2. The molecule has 0 unspecified atom stereocenters. The molecule has 0 aliphatic rings. The molecule has 0 aliphatic carbocycles. The Morgan fingerprint density at radius 3 is 2.71 bits per heavy atom. The van der Waals surface area contributed by atoms with Crippen molar-refractivity contribution in [2.24, 2.45) is 0 Å². The monoisotopic (exact) mass is 307 g/mol. The maximum Gasteiger partial charge on any atom is 0.287 e. The summed E-state index contributed by atoms with van der Waals surface area (Å²) in [5.74, 6) is 0.564. The maximum absolute atomic E-state index is 10.6. The van der Waals surface area contributed by atoms with E-state index in [0.717, 1.165) is 5.56 Å². The molecular weight excluding hydrogens is 294 g/mol. The number of aliphatic hydroxyl groups is 1. The molecule has 0 radical (unpaired) electrons. The Labute approximate surface area is 126 Å². The van der Waals surface area contributed by atoms with Crippen LogP contribution in [0.15, 0.2) is 42.6 Å². The third kappa shape index (κ3) is 4.14. The van der Waals surface area contributed by atoms with Gasteiger partial charge in [-0.15, -0.1) is 0 Å². The van der Waals surface area contributed by atoms with Crippen LogP contribution >= 0.6 is 11.6 Å². The Hall–Kier alpha value is -2.18. The molecule has 0 saturated carbocycles. The molecule has 0 aliphatic heterocycles. The largest absolute Gasteiger partial charge is 0.395 e. The number of benzene rings is 1. The normalized spacial score (nSPS) is 10.4. The lowest BCUT2D eigenvalue weighted by molar-refractivity contribution is -0.385. The van der Waals surface area contributed by atoms with Crippen LogP contribution in [0.25, 0.3) is 0 Å². The number of aliphatic hydroxyl groups excluding tert-OH is 1. The summed E-state index contributed by atoms with van der Waals surface area (Å²) < 4.78 is 0. The van der Waals surface area contributed by atoms with E-state index in [1.807, 2.05) is 23.1 Å². The van der Waals surface area contributed by atoms with Crippen molar-refractivity contribution in [1.82, 2.24) is 4.98 Å². The molecule has 1 heterocycles. The van der Waals surface area contributed by atoms with Crippen LogP contribution in [-0.4, -0.2) is 28.2 Å². The van der Waals surface area contributed by atoms with Crippen LogP contribution in [0.5, 0.6) is 0 Å². The van der Waals surface area contributed by atoms with Crippen LogP contribution in [0, 0.1) is 10.1 Å². The molecule has 2 rings (SSSR count). The Balaban J connectivity index is 2.20. The first-order valence-corrected chi connectivity index (χ1v) is 6.68. The fourth-order valence-electron chi connectivity index (χ4n) is 1.92. The summed E-state index contributed by atoms with van der Waals surface area (Å²) in [7, 11) is 0. The van der Waals surface area contributed by atoms with Gasteiger partial charge in [-0.25, -0.2) is 4.98 Å². The number of halogens is 1. The van der Waals surface area contributed by atoms with Crippen molar-refractivity contribution in [3.63, 3.8) is 0 Å². The highest BCUT2D eigenvalue weighted by molar-refractivity contribution is 6.30. The molecule has 21 heavy (non-hydrogen) atoms. The van der Waals surface area contributed by atoms with Crippen LogP contribution < -0.4 is 4.90 Å². The van der Waals surface area contributed by atoms with Crippen LogP contribution in [-0.2, 0) is 6.54 Å². The summed E-state index contributed by atoms with van der Waals surface area (Å²) in [6.45, 7) is 0.836. The van der Waals surface area contributed by atoms with Gasteiger partial charge in [0.1, 0.15) is 12.0 Å². The summed E-state index contributed by atoms with van der Waals surface area (Å²) in [4.78, 5) is 16.0. The first-order valence-electron chi connectivity index (χ1n) is 6.31. The number of hydrogen-bond donors (Lipinski definition) is 1. The van der Waals surface area contributed by atoms with Gasteiger partial charge in [-0.05, 0) is 23.8 Å². The zero-order valence-electron chi connectivity index (χ0n) is 11.1. The first-order chi connectivity index (χ1) is 10.1. The van der Waals surface area contributed by atoms with Gasteiger partial charge in [0, 0.05) is 24.2 Å². The average Bonchev–Trinajstić information content (AvgIpc) is 2.47. The molecule has 2 aromatic rings. The number of nitro groups is 1. The van der Waals surface area contributed by atoms with Crippen molar-refractivity contribution in [2.75, 3.05) is 18.1 Å². The quantitative estimate of drug-likeness (QED) is 0.655. The van der Waals surface area contributed by atoms with Gasteiger partial charge in [0.25, 0.3) is 5.69 Å². The molecule has 0 spiro atoms. The summed E-state index contributed by atoms with van der Waals surface area (Å²) in [6, 6.07) is 10.3. The molecular formula is C14H14ClN3O3. The summed E-state index contributed by atoms with van der Waals surface area (Å²) >= 11 is 5.95. The van der Waals surface area contributed by atoms with Crippen LogP contribution in [0.3, 0.4) is 0 Å². The highest BCUT2D eigenvalue weighted by Crippen LogP contribution is 2.19. The average molecular weight is 308 g/mol. The first kappa shape index (κ1) is 15.2.